The molecule has 2 atom stereocenters. The highest BCUT2D eigenvalue weighted by Crippen LogP contribution is 2.41. The summed E-state index contributed by atoms with van der Waals surface area (Å²) in [7, 11) is -0.946. The van der Waals surface area contributed by atoms with Crippen LogP contribution < -0.4 is 5.32 Å². The van der Waals surface area contributed by atoms with Gasteiger partial charge in [-0.15, -0.1) is 0 Å². The van der Waals surface area contributed by atoms with E-state index < -0.39 is 10.8 Å². The lowest BCUT2D eigenvalue weighted by molar-refractivity contribution is -0.121. The fraction of sp³-hybridized carbons (Fsp3) is 0.267. The number of carbonyl (C=O) groups is 1. The summed E-state index contributed by atoms with van der Waals surface area (Å²) in [5.41, 5.74) is 5.92. The van der Waals surface area contributed by atoms with Crippen LogP contribution in [0, 0.1) is 5.92 Å². The van der Waals surface area contributed by atoms with Crippen LogP contribution in [0.25, 0.3) is 22.2 Å². The van der Waals surface area contributed by atoms with E-state index in [9.17, 15) is 9.00 Å². The molecular weight excluding hydrogens is 452 g/mol. The molecule has 4 aromatic rings. The summed E-state index contributed by atoms with van der Waals surface area (Å²) in [6, 6.07) is 28.4. The molecule has 0 saturated heterocycles. The third kappa shape index (κ3) is 5.51. The van der Waals surface area contributed by atoms with Crippen molar-refractivity contribution in [2.75, 3.05) is 12.0 Å². The topological polar surface area (TPSA) is 59.1 Å². The Morgan fingerprint density at radius 3 is 2.29 bits per heavy atom. The van der Waals surface area contributed by atoms with E-state index in [2.05, 4.69) is 17.4 Å². The van der Waals surface area contributed by atoms with Gasteiger partial charge in [-0.25, -0.2) is 4.98 Å². The maximum absolute atomic E-state index is 13.5. The first-order valence-corrected chi connectivity index (χ1v) is 13.9. The molecule has 178 valence electrons. The molecule has 4 nitrogen and oxygen atoms in total. The molecule has 1 aliphatic carbocycles. The molecule has 35 heavy (non-hydrogen) atoms. The number of nitrogens with one attached hydrogen (secondary N) is 1. The van der Waals surface area contributed by atoms with Crippen LogP contribution in [0.4, 0.5) is 0 Å². The standard InChI is InChI=1S/C30H30N2O2S/c1-35(34)19-18-25-26(20-28(33)32-29(23-16-17-23)21-10-4-2-5-11-21)24-14-8-9-15-27(24)31-30(25)22-12-6-3-7-13-22/h2-15,23,29H,16-20H2,1H3,(H,32,33). The molecule has 1 aromatic heterocycles. The van der Waals surface area contributed by atoms with Crippen molar-refractivity contribution in [2.24, 2.45) is 5.92 Å². The van der Waals surface area contributed by atoms with E-state index in [1.165, 1.54) is 0 Å². The number of amides is 1. The zero-order chi connectivity index (χ0) is 24.2. The van der Waals surface area contributed by atoms with Gasteiger partial charge in [-0.3, -0.25) is 9.00 Å². The fourth-order valence-electron chi connectivity index (χ4n) is 4.82. The Labute approximate surface area is 209 Å². The van der Waals surface area contributed by atoms with Crippen LogP contribution >= 0.6 is 0 Å². The van der Waals surface area contributed by atoms with E-state index in [0.29, 0.717) is 18.1 Å². The second-order valence-electron chi connectivity index (χ2n) is 9.30. The van der Waals surface area contributed by atoms with Crippen molar-refractivity contribution in [3.8, 4) is 11.3 Å². The quantitative estimate of drug-likeness (QED) is 0.336. The molecule has 0 aliphatic heterocycles. The van der Waals surface area contributed by atoms with E-state index in [1.807, 2.05) is 72.8 Å². The van der Waals surface area contributed by atoms with Gasteiger partial charge in [-0.1, -0.05) is 78.9 Å². The number of rotatable bonds is 9. The summed E-state index contributed by atoms with van der Waals surface area (Å²) >= 11 is 0. The van der Waals surface area contributed by atoms with Crippen molar-refractivity contribution in [3.63, 3.8) is 0 Å². The van der Waals surface area contributed by atoms with Crippen molar-refractivity contribution in [2.45, 2.75) is 31.7 Å². The van der Waals surface area contributed by atoms with Crippen molar-refractivity contribution in [1.29, 1.82) is 0 Å². The van der Waals surface area contributed by atoms with E-state index in [1.54, 1.807) is 6.26 Å². The van der Waals surface area contributed by atoms with E-state index >= 15 is 0 Å². The van der Waals surface area contributed by atoms with Crippen LogP contribution in [0.1, 0.15) is 35.6 Å². The minimum absolute atomic E-state index is 0.0139. The molecule has 0 bridgehead atoms. The van der Waals surface area contributed by atoms with Gasteiger partial charge in [0.05, 0.1) is 23.7 Å². The van der Waals surface area contributed by atoms with Gasteiger partial charge in [0.25, 0.3) is 0 Å². The number of fused-ring (bicyclic) bond motifs is 1. The Balaban J connectivity index is 1.55. The zero-order valence-corrected chi connectivity index (χ0v) is 20.8. The van der Waals surface area contributed by atoms with E-state index in [-0.39, 0.29) is 18.4 Å². The predicted octanol–water partition coefficient (Wildman–Crippen LogP) is 5.63. The average molecular weight is 483 g/mol. The van der Waals surface area contributed by atoms with Crippen LogP contribution in [-0.2, 0) is 28.4 Å². The highest BCUT2D eigenvalue weighted by molar-refractivity contribution is 7.84. The minimum atomic E-state index is -0.946. The number of pyridine rings is 1. The molecule has 0 spiro atoms. The van der Waals surface area contributed by atoms with Gasteiger partial charge >= 0.3 is 0 Å². The largest absolute Gasteiger partial charge is 0.349 e. The minimum Gasteiger partial charge on any atom is -0.349 e. The van der Waals surface area contributed by atoms with Crippen LogP contribution in [0.2, 0.25) is 0 Å². The second-order valence-corrected chi connectivity index (χ2v) is 10.9. The van der Waals surface area contributed by atoms with Gasteiger partial charge in [-0.2, -0.15) is 0 Å². The number of carbonyl (C=O) groups excluding carboxylic acids is 1. The first kappa shape index (κ1) is 23.4. The number of benzene rings is 3. The summed E-state index contributed by atoms with van der Waals surface area (Å²) in [6.45, 7) is 0. The second kappa shape index (κ2) is 10.5. The molecule has 1 amide bonds. The average Bonchev–Trinajstić information content (AvgIpc) is 3.73. The van der Waals surface area contributed by atoms with Gasteiger partial charge in [0.2, 0.25) is 5.91 Å². The molecule has 5 heteroatoms. The Kier molecular flexibility index (Phi) is 7.05. The first-order valence-electron chi connectivity index (χ1n) is 12.2. The lowest BCUT2D eigenvalue weighted by Gasteiger charge is -2.21. The number of para-hydroxylation sites is 1. The van der Waals surface area contributed by atoms with E-state index in [0.717, 1.165) is 51.7 Å². The van der Waals surface area contributed by atoms with Gasteiger partial charge in [0.15, 0.2) is 0 Å². The molecule has 3 aromatic carbocycles. The van der Waals surface area contributed by atoms with Crippen LogP contribution in [-0.4, -0.2) is 27.1 Å². The number of hydrogen-bond donors (Lipinski definition) is 1. The third-order valence-electron chi connectivity index (χ3n) is 6.70. The Bertz CT molecular complexity index is 1350. The molecular formula is C30H30N2O2S. The maximum Gasteiger partial charge on any atom is 0.224 e. The summed E-state index contributed by atoms with van der Waals surface area (Å²) in [5, 5.41) is 4.33. The molecule has 1 fully saturated rings. The molecule has 1 aliphatic rings. The highest BCUT2D eigenvalue weighted by Gasteiger charge is 2.33. The Morgan fingerprint density at radius 1 is 0.943 bits per heavy atom. The Morgan fingerprint density at radius 2 is 1.60 bits per heavy atom. The molecule has 1 heterocycles. The molecule has 1 N–H and O–H groups in total. The number of hydrogen-bond acceptors (Lipinski definition) is 3. The molecule has 2 unspecified atom stereocenters. The molecule has 5 rings (SSSR count). The molecule has 1 saturated carbocycles. The zero-order valence-electron chi connectivity index (χ0n) is 19.9. The van der Waals surface area contributed by atoms with Gasteiger partial charge in [0.1, 0.15) is 0 Å². The van der Waals surface area contributed by atoms with Crippen LogP contribution in [0.3, 0.4) is 0 Å². The summed E-state index contributed by atoms with van der Waals surface area (Å²) in [6.07, 6.45) is 4.89. The van der Waals surface area contributed by atoms with Crippen molar-refractivity contribution >= 4 is 27.6 Å². The lowest BCUT2D eigenvalue weighted by atomic mass is 9.92. The monoisotopic (exact) mass is 482 g/mol. The normalized spacial score (nSPS) is 15.0. The summed E-state index contributed by atoms with van der Waals surface area (Å²) < 4.78 is 12.1. The SMILES string of the molecule is CS(=O)CCc1c(-c2ccccc2)nc2ccccc2c1CC(=O)NC(c1ccccc1)C1CC1. The smallest absolute Gasteiger partial charge is 0.224 e. The Hall–Kier alpha value is -3.31. The third-order valence-corrected chi connectivity index (χ3v) is 7.48. The van der Waals surface area contributed by atoms with Gasteiger partial charge in [-0.05, 0) is 47.9 Å². The highest BCUT2D eigenvalue weighted by atomic mass is 32.2. The predicted molar refractivity (Wildman–Crippen MR) is 144 cm³/mol. The lowest BCUT2D eigenvalue weighted by Crippen LogP contribution is -2.31. The van der Waals surface area contributed by atoms with Gasteiger partial charge in [0, 0.05) is 33.8 Å². The van der Waals surface area contributed by atoms with Crippen molar-refractivity contribution < 1.29 is 9.00 Å². The molecule has 0 radical (unpaired) electrons. The van der Waals surface area contributed by atoms with Crippen LogP contribution in [0.5, 0.6) is 0 Å². The summed E-state index contributed by atoms with van der Waals surface area (Å²) in [5.74, 6) is 1.04. The first-order chi connectivity index (χ1) is 17.1. The van der Waals surface area contributed by atoms with Crippen molar-refractivity contribution in [3.05, 3.63) is 102 Å². The summed E-state index contributed by atoms with van der Waals surface area (Å²) in [4.78, 5) is 18.5. The van der Waals surface area contributed by atoms with E-state index in [4.69, 9.17) is 4.98 Å². The number of aromatic nitrogens is 1. The van der Waals surface area contributed by atoms with Crippen molar-refractivity contribution in [1.82, 2.24) is 10.3 Å². The number of nitrogens with zero attached hydrogens (tertiary/aromatic N) is 1. The van der Waals surface area contributed by atoms with Gasteiger partial charge < -0.3 is 5.32 Å². The maximum atomic E-state index is 13.5. The fourth-order valence-corrected chi connectivity index (χ4v) is 5.31. The van der Waals surface area contributed by atoms with Crippen LogP contribution in [0.15, 0.2) is 84.9 Å².